The van der Waals surface area contributed by atoms with Crippen LogP contribution in [-0.2, 0) is 0 Å². The number of nitrogens with zero attached hydrogens (tertiary/aromatic N) is 1. The van der Waals surface area contributed by atoms with Gasteiger partial charge >= 0.3 is 6.36 Å². The lowest BCUT2D eigenvalue weighted by molar-refractivity contribution is -0.276. The van der Waals surface area contributed by atoms with Gasteiger partial charge in [-0.3, -0.25) is 0 Å². The van der Waals surface area contributed by atoms with Crippen LogP contribution in [0.2, 0.25) is 0 Å². The third kappa shape index (κ3) is 2.33. The molecule has 6 heteroatoms. The zero-order valence-corrected chi connectivity index (χ0v) is 7.86. The van der Waals surface area contributed by atoms with E-state index in [1.165, 1.54) is 0 Å². The smallest absolute Gasteiger partial charge is 0.384 e. The summed E-state index contributed by atoms with van der Waals surface area (Å²) in [5.41, 5.74) is 0.709. The van der Waals surface area contributed by atoms with E-state index in [9.17, 15) is 13.2 Å². The van der Waals surface area contributed by atoms with Gasteiger partial charge in [-0.1, -0.05) is 30.3 Å². The van der Waals surface area contributed by atoms with Crippen molar-refractivity contribution in [2.45, 2.75) is 6.36 Å². The van der Waals surface area contributed by atoms with E-state index in [0.29, 0.717) is 5.56 Å². The largest absolute Gasteiger partial charge is 0.574 e. The maximum atomic E-state index is 12.0. The molecular formula is C10H6F3NO2. The first-order valence-electron chi connectivity index (χ1n) is 4.32. The van der Waals surface area contributed by atoms with Gasteiger partial charge in [0.2, 0.25) is 0 Å². The first kappa shape index (κ1) is 10.5. The van der Waals surface area contributed by atoms with Crippen LogP contribution in [0.1, 0.15) is 0 Å². The van der Waals surface area contributed by atoms with Gasteiger partial charge in [-0.15, -0.1) is 13.2 Å². The highest BCUT2D eigenvalue weighted by Crippen LogP contribution is 2.32. The molecule has 3 nitrogen and oxygen atoms in total. The Morgan fingerprint density at radius 3 is 2.44 bits per heavy atom. The highest BCUT2D eigenvalue weighted by atomic mass is 19.4. The van der Waals surface area contributed by atoms with Crippen molar-refractivity contribution in [3.05, 3.63) is 36.6 Å². The molecule has 2 rings (SSSR count). The van der Waals surface area contributed by atoms with Crippen molar-refractivity contribution < 1.29 is 22.4 Å². The average molecular weight is 229 g/mol. The van der Waals surface area contributed by atoms with E-state index in [-0.39, 0.29) is 5.56 Å². The van der Waals surface area contributed by atoms with Crippen molar-refractivity contribution in [2.24, 2.45) is 0 Å². The first-order valence-corrected chi connectivity index (χ1v) is 4.32. The van der Waals surface area contributed by atoms with E-state index in [1.807, 2.05) is 0 Å². The van der Waals surface area contributed by atoms with Crippen LogP contribution in [0.4, 0.5) is 13.2 Å². The van der Waals surface area contributed by atoms with Crippen LogP contribution in [0, 0.1) is 0 Å². The Labute approximate surface area is 88.4 Å². The summed E-state index contributed by atoms with van der Waals surface area (Å²) in [6.45, 7) is 0. The number of ether oxygens (including phenoxy) is 1. The second-order valence-corrected chi connectivity index (χ2v) is 2.95. The monoisotopic (exact) mass is 229 g/mol. The van der Waals surface area contributed by atoms with E-state index in [0.717, 1.165) is 6.26 Å². The molecule has 0 aliphatic heterocycles. The Bertz CT molecular complexity index is 464. The molecule has 0 unspecified atom stereocenters. The third-order valence-electron chi connectivity index (χ3n) is 1.83. The summed E-state index contributed by atoms with van der Waals surface area (Å²) in [4.78, 5) is 0. The minimum absolute atomic E-state index is 0.165. The van der Waals surface area contributed by atoms with Crippen LogP contribution < -0.4 is 4.74 Å². The fourth-order valence-electron chi connectivity index (χ4n) is 1.22. The minimum atomic E-state index is -4.78. The van der Waals surface area contributed by atoms with Crippen molar-refractivity contribution in [1.29, 1.82) is 0 Å². The SMILES string of the molecule is FC(F)(F)Oc1nocc1-c1ccccc1. The van der Waals surface area contributed by atoms with Gasteiger partial charge in [-0.25, -0.2) is 0 Å². The number of halogens is 3. The topological polar surface area (TPSA) is 35.3 Å². The molecule has 0 radical (unpaired) electrons. The van der Waals surface area contributed by atoms with E-state index in [1.54, 1.807) is 30.3 Å². The van der Waals surface area contributed by atoms with Gasteiger partial charge in [0.1, 0.15) is 6.26 Å². The van der Waals surface area contributed by atoms with E-state index >= 15 is 0 Å². The summed E-state index contributed by atoms with van der Waals surface area (Å²) >= 11 is 0. The predicted molar refractivity (Wildman–Crippen MR) is 48.6 cm³/mol. The standard InChI is InChI=1S/C10H6F3NO2/c11-10(12,13)16-9-8(6-15-14-9)7-4-2-1-3-5-7/h1-6H. The first-order chi connectivity index (χ1) is 7.56. The predicted octanol–water partition coefficient (Wildman–Crippen LogP) is 3.24. The van der Waals surface area contributed by atoms with Gasteiger partial charge < -0.3 is 9.26 Å². The molecule has 84 valence electrons. The summed E-state index contributed by atoms with van der Waals surface area (Å²) in [5, 5.41) is 3.16. The molecule has 0 saturated carbocycles. The van der Waals surface area contributed by atoms with Crippen LogP contribution in [-0.4, -0.2) is 11.5 Å². The number of hydrogen-bond acceptors (Lipinski definition) is 3. The lowest BCUT2D eigenvalue weighted by atomic mass is 10.1. The maximum absolute atomic E-state index is 12.0. The van der Waals surface area contributed by atoms with Crippen LogP contribution in [0.5, 0.6) is 5.88 Å². The van der Waals surface area contributed by atoms with E-state index < -0.39 is 12.2 Å². The molecule has 0 fully saturated rings. The van der Waals surface area contributed by atoms with Gasteiger partial charge in [0.25, 0.3) is 5.88 Å². The second kappa shape index (κ2) is 3.88. The van der Waals surface area contributed by atoms with Crippen molar-refractivity contribution in [3.8, 4) is 17.0 Å². The van der Waals surface area contributed by atoms with E-state index in [4.69, 9.17) is 0 Å². The number of alkyl halides is 3. The molecule has 0 aliphatic carbocycles. The molecular weight excluding hydrogens is 223 g/mol. The molecule has 16 heavy (non-hydrogen) atoms. The van der Waals surface area contributed by atoms with Gasteiger partial charge in [0, 0.05) is 0 Å². The number of hydrogen-bond donors (Lipinski definition) is 0. The van der Waals surface area contributed by atoms with Crippen LogP contribution in [0.3, 0.4) is 0 Å². The molecule has 2 aromatic rings. The Hall–Kier alpha value is -1.98. The van der Waals surface area contributed by atoms with Gasteiger partial charge in [-0.2, -0.15) is 0 Å². The number of rotatable bonds is 2. The zero-order valence-electron chi connectivity index (χ0n) is 7.86. The zero-order chi connectivity index (χ0) is 11.6. The van der Waals surface area contributed by atoms with Crippen molar-refractivity contribution in [2.75, 3.05) is 0 Å². The molecule has 0 amide bonds. The Kier molecular flexibility index (Phi) is 2.55. The Morgan fingerprint density at radius 2 is 1.81 bits per heavy atom. The van der Waals surface area contributed by atoms with Crippen molar-refractivity contribution in [1.82, 2.24) is 5.16 Å². The van der Waals surface area contributed by atoms with Crippen LogP contribution in [0.25, 0.3) is 11.1 Å². The molecule has 1 heterocycles. The maximum Gasteiger partial charge on any atom is 0.574 e. The molecule has 0 bridgehead atoms. The van der Waals surface area contributed by atoms with Crippen LogP contribution >= 0.6 is 0 Å². The average Bonchev–Trinajstić information content (AvgIpc) is 2.64. The molecule has 1 aromatic carbocycles. The summed E-state index contributed by atoms with van der Waals surface area (Å²) < 4.78 is 44.2. The number of aromatic nitrogens is 1. The molecule has 0 spiro atoms. The van der Waals surface area contributed by atoms with Crippen LogP contribution in [0.15, 0.2) is 41.1 Å². The third-order valence-corrected chi connectivity index (χ3v) is 1.83. The Balaban J connectivity index is 2.33. The molecule has 0 atom stereocenters. The molecule has 0 saturated heterocycles. The highest BCUT2D eigenvalue weighted by molar-refractivity contribution is 5.67. The highest BCUT2D eigenvalue weighted by Gasteiger charge is 2.33. The van der Waals surface area contributed by atoms with Crippen molar-refractivity contribution in [3.63, 3.8) is 0 Å². The summed E-state index contributed by atoms with van der Waals surface area (Å²) in [7, 11) is 0. The Morgan fingerprint density at radius 1 is 1.12 bits per heavy atom. The van der Waals surface area contributed by atoms with Gasteiger partial charge in [0.05, 0.1) is 5.56 Å². The lowest BCUT2D eigenvalue weighted by Crippen LogP contribution is -2.17. The fraction of sp³-hybridized carbons (Fsp3) is 0.100. The normalized spacial score (nSPS) is 11.4. The van der Waals surface area contributed by atoms with Gasteiger partial charge in [-0.05, 0) is 10.7 Å². The summed E-state index contributed by atoms with van der Waals surface area (Å²) in [6.07, 6.45) is -3.67. The number of benzene rings is 1. The van der Waals surface area contributed by atoms with E-state index in [2.05, 4.69) is 14.4 Å². The van der Waals surface area contributed by atoms with Gasteiger partial charge in [0.15, 0.2) is 0 Å². The minimum Gasteiger partial charge on any atom is -0.384 e. The summed E-state index contributed by atoms with van der Waals surface area (Å²) in [5.74, 6) is -0.585. The molecule has 0 aliphatic rings. The van der Waals surface area contributed by atoms with Crippen molar-refractivity contribution >= 4 is 0 Å². The fourth-order valence-corrected chi connectivity index (χ4v) is 1.22. The molecule has 0 N–H and O–H groups in total. The summed E-state index contributed by atoms with van der Waals surface area (Å²) in [6, 6.07) is 8.41. The lowest BCUT2D eigenvalue weighted by Gasteiger charge is -2.06. The second-order valence-electron chi connectivity index (χ2n) is 2.95. The molecule has 1 aromatic heterocycles. The quantitative estimate of drug-likeness (QED) is 0.792.